The molecule has 2 rings (SSSR count). The Morgan fingerprint density at radius 2 is 2.16 bits per heavy atom. The summed E-state index contributed by atoms with van der Waals surface area (Å²) in [5.74, 6) is 0.354. The molecule has 19 heavy (non-hydrogen) atoms. The molecule has 1 amide bonds. The molecule has 1 aromatic carbocycles. The lowest BCUT2D eigenvalue weighted by molar-refractivity contribution is -0.121. The van der Waals surface area contributed by atoms with Gasteiger partial charge in [0.1, 0.15) is 0 Å². The normalized spacial score (nSPS) is 12.1. The quantitative estimate of drug-likeness (QED) is 0.880. The molecule has 1 N–H and O–H groups in total. The molecule has 0 spiro atoms. The van der Waals surface area contributed by atoms with Crippen molar-refractivity contribution in [2.45, 2.75) is 25.7 Å². The molecule has 0 aliphatic rings. The second-order valence-corrected chi connectivity index (χ2v) is 5.31. The molecule has 1 heterocycles. The van der Waals surface area contributed by atoms with Crippen LogP contribution in [-0.2, 0) is 11.2 Å². The van der Waals surface area contributed by atoms with Crippen LogP contribution in [0.5, 0.6) is 0 Å². The fourth-order valence-corrected chi connectivity index (χ4v) is 2.53. The predicted molar refractivity (Wildman–Crippen MR) is 78.3 cm³/mol. The molecule has 0 saturated carbocycles. The number of aromatic nitrogens is 1. The maximum atomic E-state index is 11.8. The first-order valence-electron chi connectivity index (χ1n) is 6.44. The van der Waals surface area contributed by atoms with Crippen molar-refractivity contribution >= 4 is 17.2 Å². The third-order valence-electron chi connectivity index (χ3n) is 3.05. The van der Waals surface area contributed by atoms with E-state index >= 15 is 0 Å². The summed E-state index contributed by atoms with van der Waals surface area (Å²) < 4.78 is 0. The van der Waals surface area contributed by atoms with Crippen LogP contribution in [0.2, 0.25) is 0 Å². The van der Waals surface area contributed by atoms with Crippen LogP contribution in [0.15, 0.2) is 41.2 Å². The summed E-state index contributed by atoms with van der Waals surface area (Å²) in [6, 6.07) is 10.1. The van der Waals surface area contributed by atoms with Gasteiger partial charge in [0.15, 0.2) is 0 Å². The van der Waals surface area contributed by atoms with E-state index in [0.717, 1.165) is 12.1 Å². The van der Waals surface area contributed by atoms with Crippen molar-refractivity contribution < 1.29 is 4.79 Å². The zero-order valence-electron chi connectivity index (χ0n) is 11.0. The van der Waals surface area contributed by atoms with Gasteiger partial charge in [-0.3, -0.25) is 4.79 Å². The first-order chi connectivity index (χ1) is 9.25. The van der Waals surface area contributed by atoms with Crippen LogP contribution in [0.3, 0.4) is 0 Å². The summed E-state index contributed by atoms with van der Waals surface area (Å²) >= 11 is 1.58. The van der Waals surface area contributed by atoms with Crippen LogP contribution in [-0.4, -0.2) is 17.4 Å². The monoisotopic (exact) mass is 274 g/mol. The van der Waals surface area contributed by atoms with Gasteiger partial charge in [-0.2, -0.15) is 0 Å². The van der Waals surface area contributed by atoms with E-state index < -0.39 is 0 Å². The van der Waals surface area contributed by atoms with Crippen molar-refractivity contribution in [1.82, 2.24) is 10.3 Å². The van der Waals surface area contributed by atoms with Gasteiger partial charge < -0.3 is 5.32 Å². The minimum Gasteiger partial charge on any atom is -0.356 e. The number of nitrogens with one attached hydrogen (secondary N) is 1. The molecule has 0 aliphatic heterocycles. The van der Waals surface area contributed by atoms with E-state index in [9.17, 15) is 4.79 Å². The third kappa shape index (κ3) is 4.48. The highest BCUT2D eigenvalue weighted by Crippen LogP contribution is 2.17. The number of carbonyl (C=O) groups is 1. The number of hydrogen-bond donors (Lipinski definition) is 1. The fourth-order valence-electron chi connectivity index (χ4n) is 1.94. The third-order valence-corrected chi connectivity index (χ3v) is 3.68. The Bertz CT molecular complexity index is 496. The van der Waals surface area contributed by atoms with Gasteiger partial charge in [-0.05, 0) is 11.5 Å². The summed E-state index contributed by atoms with van der Waals surface area (Å²) in [4.78, 5) is 16.0. The van der Waals surface area contributed by atoms with Gasteiger partial charge in [0, 0.05) is 24.8 Å². The minimum atomic E-state index is 0.103. The minimum absolute atomic E-state index is 0.103. The first kappa shape index (κ1) is 13.7. The molecule has 0 bridgehead atoms. The number of rotatable bonds is 6. The van der Waals surface area contributed by atoms with E-state index in [-0.39, 0.29) is 11.8 Å². The SMILES string of the molecule is CC(CC(=O)NCCc1cscn1)c1ccccc1. The van der Waals surface area contributed by atoms with Gasteiger partial charge in [0.05, 0.1) is 11.2 Å². The van der Waals surface area contributed by atoms with Gasteiger partial charge in [-0.1, -0.05) is 37.3 Å². The number of carbonyl (C=O) groups excluding carboxylic acids is 1. The molecule has 1 aromatic heterocycles. The van der Waals surface area contributed by atoms with E-state index in [0.29, 0.717) is 13.0 Å². The summed E-state index contributed by atoms with van der Waals surface area (Å²) in [5.41, 5.74) is 4.06. The van der Waals surface area contributed by atoms with Gasteiger partial charge in [0.2, 0.25) is 5.91 Å². The second-order valence-electron chi connectivity index (χ2n) is 4.60. The topological polar surface area (TPSA) is 42.0 Å². The van der Waals surface area contributed by atoms with Gasteiger partial charge >= 0.3 is 0 Å². The average Bonchev–Trinajstić information content (AvgIpc) is 2.93. The molecular formula is C15H18N2OS. The Kier molecular flexibility index (Phi) is 5.10. The van der Waals surface area contributed by atoms with Crippen molar-refractivity contribution in [1.29, 1.82) is 0 Å². The lowest BCUT2D eigenvalue weighted by atomic mass is 9.97. The van der Waals surface area contributed by atoms with Gasteiger partial charge in [-0.15, -0.1) is 11.3 Å². The number of thiazole rings is 1. The molecule has 0 fully saturated rings. The predicted octanol–water partition coefficient (Wildman–Crippen LogP) is 3.00. The van der Waals surface area contributed by atoms with E-state index in [4.69, 9.17) is 0 Å². The Labute approximate surface area is 117 Å². The van der Waals surface area contributed by atoms with E-state index in [1.807, 2.05) is 29.1 Å². The summed E-state index contributed by atoms with van der Waals surface area (Å²) in [6.45, 7) is 2.74. The largest absolute Gasteiger partial charge is 0.356 e. The van der Waals surface area contributed by atoms with Crippen LogP contribution < -0.4 is 5.32 Å². The molecule has 4 heteroatoms. The zero-order valence-corrected chi connectivity index (χ0v) is 11.8. The molecule has 2 aromatic rings. The smallest absolute Gasteiger partial charge is 0.220 e. The summed E-state index contributed by atoms with van der Waals surface area (Å²) in [6.07, 6.45) is 1.33. The summed E-state index contributed by atoms with van der Waals surface area (Å²) in [7, 11) is 0. The molecule has 0 radical (unpaired) electrons. The molecule has 1 atom stereocenters. The molecule has 1 unspecified atom stereocenters. The Morgan fingerprint density at radius 1 is 1.37 bits per heavy atom. The molecular weight excluding hydrogens is 256 g/mol. The Balaban J connectivity index is 1.72. The lowest BCUT2D eigenvalue weighted by Gasteiger charge is -2.11. The van der Waals surface area contributed by atoms with Crippen molar-refractivity contribution in [2.24, 2.45) is 0 Å². The van der Waals surface area contributed by atoms with E-state index in [2.05, 4.69) is 29.4 Å². The van der Waals surface area contributed by atoms with Crippen molar-refractivity contribution in [2.75, 3.05) is 6.54 Å². The fraction of sp³-hybridized carbons (Fsp3) is 0.333. The van der Waals surface area contributed by atoms with E-state index in [1.54, 1.807) is 11.3 Å². The molecule has 0 aliphatic carbocycles. The molecule has 0 saturated heterocycles. The second kappa shape index (κ2) is 7.04. The zero-order chi connectivity index (χ0) is 13.5. The van der Waals surface area contributed by atoms with Crippen LogP contribution in [0.4, 0.5) is 0 Å². The average molecular weight is 274 g/mol. The van der Waals surface area contributed by atoms with Crippen molar-refractivity contribution in [3.63, 3.8) is 0 Å². The van der Waals surface area contributed by atoms with E-state index in [1.165, 1.54) is 5.56 Å². The maximum absolute atomic E-state index is 11.8. The van der Waals surface area contributed by atoms with Crippen LogP contribution in [0, 0.1) is 0 Å². The van der Waals surface area contributed by atoms with Crippen LogP contribution in [0.1, 0.15) is 30.5 Å². The maximum Gasteiger partial charge on any atom is 0.220 e. The number of nitrogens with zero attached hydrogens (tertiary/aromatic N) is 1. The Morgan fingerprint density at radius 3 is 2.84 bits per heavy atom. The molecule has 3 nitrogen and oxygen atoms in total. The van der Waals surface area contributed by atoms with Crippen molar-refractivity contribution in [3.05, 3.63) is 52.5 Å². The van der Waals surface area contributed by atoms with Gasteiger partial charge in [-0.25, -0.2) is 4.98 Å². The lowest BCUT2D eigenvalue weighted by Crippen LogP contribution is -2.26. The van der Waals surface area contributed by atoms with Crippen LogP contribution >= 0.6 is 11.3 Å². The Hall–Kier alpha value is -1.68. The summed E-state index contributed by atoms with van der Waals surface area (Å²) in [5, 5.41) is 4.96. The highest BCUT2D eigenvalue weighted by atomic mass is 32.1. The number of hydrogen-bond acceptors (Lipinski definition) is 3. The molecule has 100 valence electrons. The highest BCUT2D eigenvalue weighted by molar-refractivity contribution is 7.07. The standard InChI is InChI=1S/C15H18N2OS/c1-12(13-5-3-2-4-6-13)9-15(18)16-8-7-14-10-19-11-17-14/h2-6,10-12H,7-9H2,1H3,(H,16,18). The number of benzene rings is 1. The number of amides is 1. The van der Waals surface area contributed by atoms with Crippen LogP contribution in [0.25, 0.3) is 0 Å². The van der Waals surface area contributed by atoms with Crippen molar-refractivity contribution in [3.8, 4) is 0 Å². The van der Waals surface area contributed by atoms with Gasteiger partial charge in [0.25, 0.3) is 0 Å². The highest BCUT2D eigenvalue weighted by Gasteiger charge is 2.10. The first-order valence-corrected chi connectivity index (χ1v) is 7.38.